The summed E-state index contributed by atoms with van der Waals surface area (Å²) in [7, 11) is 0. The number of hydrogen-bond acceptors (Lipinski definition) is 1. The van der Waals surface area contributed by atoms with Crippen LogP contribution in [0.5, 0.6) is 0 Å². The van der Waals surface area contributed by atoms with Gasteiger partial charge in [0, 0.05) is 0 Å². The fourth-order valence-corrected chi connectivity index (χ4v) is 1.43. The van der Waals surface area contributed by atoms with E-state index < -0.39 is 5.97 Å². The first-order chi connectivity index (χ1) is 6.24. The zero-order valence-electron chi connectivity index (χ0n) is 7.73. The van der Waals surface area contributed by atoms with Gasteiger partial charge in [-0.1, -0.05) is 37.3 Å². The average molecular weight is 178 g/mol. The molecule has 0 fully saturated rings. The monoisotopic (exact) mass is 178 g/mol. The molecule has 0 bridgehead atoms. The highest BCUT2D eigenvalue weighted by atomic mass is 16.4. The molecule has 1 rings (SSSR count). The standard InChI is InChI=1S/C11H14O2/c1-2-9(8-11(12)13)10-6-4-3-5-7-10/h3-7,9H,2,8H2,1H3,(H,12,13). The van der Waals surface area contributed by atoms with Crippen LogP contribution in [-0.2, 0) is 4.79 Å². The Kier molecular flexibility index (Phi) is 3.50. The molecule has 1 aromatic rings. The molecule has 0 amide bonds. The molecule has 1 aromatic carbocycles. The molecule has 1 unspecified atom stereocenters. The van der Waals surface area contributed by atoms with Crippen LogP contribution in [0.3, 0.4) is 0 Å². The van der Waals surface area contributed by atoms with Crippen LogP contribution in [0.25, 0.3) is 0 Å². The van der Waals surface area contributed by atoms with E-state index in [9.17, 15) is 4.79 Å². The molecule has 0 aliphatic heterocycles. The highest BCUT2D eigenvalue weighted by Gasteiger charge is 2.12. The normalized spacial score (nSPS) is 12.4. The Labute approximate surface area is 78.2 Å². The third kappa shape index (κ3) is 2.90. The largest absolute Gasteiger partial charge is 0.481 e. The summed E-state index contributed by atoms with van der Waals surface area (Å²) >= 11 is 0. The van der Waals surface area contributed by atoms with Crippen LogP contribution in [0.4, 0.5) is 0 Å². The van der Waals surface area contributed by atoms with E-state index in [1.165, 1.54) is 0 Å². The van der Waals surface area contributed by atoms with E-state index in [0.29, 0.717) is 0 Å². The Balaban J connectivity index is 2.73. The fraction of sp³-hybridized carbons (Fsp3) is 0.364. The third-order valence-corrected chi connectivity index (χ3v) is 2.18. The second kappa shape index (κ2) is 4.65. The summed E-state index contributed by atoms with van der Waals surface area (Å²) in [4.78, 5) is 10.5. The molecule has 70 valence electrons. The van der Waals surface area contributed by atoms with Crippen LogP contribution >= 0.6 is 0 Å². The number of rotatable bonds is 4. The van der Waals surface area contributed by atoms with Crippen LogP contribution in [0.1, 0.15) is 31.2 Å². The average Bonchev–Trinajstić information content (AvgIpc) is 2.15. The van der Waals surface area contributed by atoms with Crippen LogP contribution in [-0.4, -0.2) is 11.1 Å². The van der Waals surface area contributed by atoms with Gasteiger partial charge in [-0.25, -0.2) is 0 Å². The number of hydrogen-bond donors (Lipinski definition) is 1. The van der Waals surface area contributed by atoms with Crippen LogP contribution in [0.15, 0.2) is 30.3 Å². The molecule has 0 spiro atoms. The summed E-state index contributed by atoms with van der Waals surface area (Å²) in [6.45, 7) is 2.01. The molecule has 13 heavy (non-hydrogen) atoms. The van der Waals surface area contributed by atoms with E-state index in [1.807, 2.05) is 37.3 Å². The van der Waals surface area contributed by atoms with Gasteiger partial charge in [-0.15, -0.1) is 0 Å². The second-order valence-corrected chi connectivity index (χ2v) is 3.11. The van der Waals surface area contributed by atoms with Crippen molar-refractivity contribution in [2.45, 2.75) is 25.7 Å². The van der Waals surface area contributed by atoms with Gasteiger partial charge in [-0.3, -0.25) is 4.79 Å². The summed E-state index contributed by atoms with van der Waals surface area (Å²) < 4.78 is 0. The molecule has 0 aliphatic rings. The lowest BCUT2D eigenvalue weighted by molar-refractivity contribution is -0.137. The molecule has 1 N–H and O–H groups in total. The molecule has 0 saturated carbocycles. The lowest BCUT2D eigenvalue weighted by Gasteiger charge is -2.11. The van der Waals surface area contributed by atoms with Gasteiger partial charge in [0.1, 0.15) is 0 Å². The molecule has 0 saturated heterocycles. The maximum Gasteiger partial charge on any atom is 0.303 e. The van der Waals surface area contributed by atoms with Gasteiger partial charge in [-0.05, 0) is 17.9 Å². The number of carbonyl (C=O) groups is 1. The predicted molar refractivity (Wildman–Crippen MR) is 51.7 cm³/mol. The van der Waals surface area contributed by atoms with E-state index in [4.69, 9.17) is 5.11 Å². The molecule has 2 heteroatoms. The molecular formula is C11H14O2. The minimum Gasteiger partial charge on any atom is -0.481 e. The van der Waals surface area contributed by atoms with E-state index in [2.05, 4.69) is 0 Å². The Morgan fingerprint density at radius 1 is 1.38 bits per heavy atom. The first-order valence-corrected chi connectivity index (χ1v) is 4.50. The lowest BCUT2D eigenvalue weighted by Crippen LogP contribution is -2.05. The second-order valence-electron chi connectivity index (χ2n) is 3.11. The Morgan fingerprint density at radius 3 is 2.46 bits per heavy atom. The number of carboxylic acid groups (broad SMARTS) is 1. The van der Waals surface area contributed by atoms with E-state index in [0.717, 1.165) is 12.0 Å². The van der Waals surface area contributed by atoms with Gasteiger partial charge in [0.05, 0.1) is 6.42 Å². The van der Waals surface area contributed by atoms with E-state index in [-0.39, 0.29) is 12.3 Å². The molecule has 0 radical (unpaired) electrons. The van der Waals surface area contributed by atoms with Gasteiger partial charge in [0.2, 0.25) is 0 Å². The first-order valence-electron chi connectivity index (χ1n) is 4.50. The van der Waals surface area contributed by atoms with Crippen molar-refractivity contribution in [1.29, 1.82) is 0 Å². The highest BCUT2D eigenvalue weighted by molar-refractivity contribution is 5.68. The maximum atomic E-state index is 10.5. The van der Waals surface area contributed by atoms with Gasteiger partial charge in [-0.2, -0.15) is 0 Å². The van der Waals surface area contributed by atoms with Crippen molar-refractivity contribution < 1.29 is 9.90 Å². The van der Waals surface area contributed by atoms with Gasteiger partial charge < -0.3 is 5.11 Å². The fourth-order valence-electron chi connectivity index (χ4n) is 1.43. The van der Waals surface area contributed by atoms with Crippen molar-refractivity contribution in [2.24, 2.45) is 0 Å². The quantitative estimate of drug-likeness (QED) is 0.769. The zero-order valence-corrected chi connectivity index (χ0v) is 7.73. The summed E-state index contributed by atoms with van der Waals surface area (Å²) in [6, 6.07) is 9.80. The van der Waals surface area contributed by atoms with Crippen molar-refractivity contribution in [3.8, 4) is 0 Å². The lowest BCUT2D eigenvalue weighted by atomic mass is 9.93. The summed E-state index contributed by atoms with van der Waals surface area (Å²) in [5.74, 6) is -0.575. The Hall–Kier alpha value is -1.31. The molecule has 0 aromatic heterocycles. The van der Waals surface area contributed by atoms with E-state index >= 15 is 0 Å². The Bertz CT molecular complexity index is 267. The molecule has 2 nitrogen and oxygen atoms in total. The number of carboxylic acids is 1. The van der Waals surface area contributed by atoms with Crippen LogP contribution < -0.4 is 0 Å². The first kappa shape index (κ1) is 9.78. The molecular weight excluding hydrogens is 164 g/mol. The van der Waals surface area contributed by atoms with Crippen molar-refractivity contribution in [1.82, 2.24) is 0 Å². The van der Waals surface area contributed by atoms with Crippen molar-refractivity contribution in [2.75, 3.05) is 0 Å². The minimum absolute atomic E-state index is 0.152. The van der Waals surface area contributed by atoms with Crippen molar-refractivity contribution in [3.05, 3.63) is 35.9 Å². The summed E-state index contributed by atoms with van der Waals surface area (Å²) in [6.07, 6.45) is 1.09. The maximum absolute atomic E-state index is 10.5. The number of aliphatic carboxylic acids is 1. The van der Waals surface area contributed by atoms with Crippen LogP contribution in [0.2, 0.25) is 0 Å². The molecule has 0 aliphatic carbocycles. The Morgan fingerprint density at radius 2 is 2.00 bits per heavy atom. The summed E-state index contributed by atoms with van der Waals surface area (Å²) in [5.41, 5.74) is 1.12. The summed E-state index contributed by atoms with van der Waals surface area (Å²) in [5, 5.41) is 8.68. The smallest absolute Gasteiger partial charge is 0.303 e. The zero-order chi connectivity index (χ0) is 9.68. The molecule has 1 atom stereocenters. The van der Waals surface area contributed by atoms with Gasteiger partial charge in [0.15, 0.2) is 0 Å². The van der Waals surface area contributed by atoms with Crippen LogP contribution in [0, 0.1) is 0 Å². The van der Waals surface area contributed by atoms with Gasteiger partial charge >= 0.3 is 5.97 Å². The topological polar surface area (TPSA) is 37.3 Å². The predicted octanol–water partition coefficient (Wildman–Crippen LogP) is 2.65. The minimum atomic E-state index is -0.726. The van der Waals surface area contributed by atoms with Gasteiger partial charge in [0.25, 0.3) is 0 Å². The highest BCUT2D eigenvalue weighted by Crippen LogP contribution is 2.22. The number of benzene rings is 1. The van der Waals surface area contributed by atoms with Crippen molar-refractivity contribution >= 4 is 5.97 Å². The third-order valence-electron chi connectivity index (χ3n) is 2.18. The van der Waals surface area contributed by atoms with Crippen molar-refractivity contribution in [3.63, 3.8) is 0 Å². The van der Waals surface area contributed by atoms with E-state index in [1.54, 1.807) is 0 Å². The SMILES string of the molecule is CCC(CC(=O)O)c1ccccc1. The molecule has 0 heterocycles.